The first kappa shape index (κ1) is 27.8. The lowest BCUT2D eigenvalue weighted by Gasteiger charge is -2.58. The maximum Gasteiger partial charge on any atom is 0.225 e. The van der Waals surface area contributed by atoms with Gasteiger partial charge in [0.15, 0.2) is 0 Å². The summed E-state index contributed by atoms with van der Waals surface area (Å²) in [4.78, 5) is 30.0. The molecule has 6 aliphatic rings. The normalized spacial score (nSPS) is 41.4. The molecule has 0 spiro atoms. The lowest BCUT2D eigenvalue weighted by molar-refractivity contribution is -0.142. The van der Waals surface area contributed by atoms with Gasteiger partial charge >= 0.3 is 0 Å². The van der Waals surface area contributed by atoms with Crippen LogP contribution < -0.4 is 0 Å². The van der Waals surface area contributed by atoms with Crippen molar-refractivity contribution in [1.82, 2.24) is 9.80 Å². The number of hydrogen-bond donors (Lipinski definition) is 1. The summed E-state index contributed by atoms with van der Waals surface area (Å²) in [6, 6.07) is 0. The Morgan fingerprint density at radius 2 is 1.67 bits per heavy atom. The van der Waals surface area contributed by atoms with Gasteiger partial charge in [-0.05, 0) is 111 Å². The monoisotopic (exact) mass is 538 g/mol. The van der Waals surface area contributed by atoms with Crippen LogP contribution in [-0.4, -0.2) is 59.0 Å². The standard InChI is InChI=1S/C34H54N2O3/c1-23(8-13-31(38)35-18-20-36(21-19-35)32(39)24-6-4-5-7-24)28-11-12-29-27-10-9-25-22-26(37)14-16-33(25,2)30(27)15-17-34(28,29)3/h9,23-24,26-30,37H,4-8,10-22H2,1-3H3/t23-,26+,27+,28-,29+,30+,33+,34-/m1/s1. The Labute approximate surface area is 237 Å². The molecule has 1 aliphatic heterocycles. The van der Waals surface area contributed by atoms with E-state index < -0.39 is 0 Å². The fraction of sp³-hybridized carbons (Fsp3) is 0.882. The Morgan fingerprint density at radius 1 is 0.949 bits per heavy atom. The second kappa shape index (κ2) is 10.8. The van der Waals surface area contributed by atoms with E-state index in [2.05, 4.69) is 26.8 Å². The quantitative estimate of drug-likeness (QED) is 0.424. The second-order valence-electron chi connectivity index (χ2n) is 15.1. The van der Waals surface area contributed by atoms with Crippen molar-refractivity contribution in [2.45, 2.75) is 117 Å². The van der Waals surface area contributed by atoms with E-state index in [9.17, 15) is 14.7 Å². The van der Waals surface area contributed by atoms with Crippen LogP contribution in [0.3, 0.4) is 0 Å². The summed E-state index contributed by atoms with van der Waals surface area (Å²) in [7, 11) is 0. The van der Waals surface area contributed by atoms with Crippen LogP contribution in [-0.2, 0) is 9.59 Å². The first-order valence-electron chi connectivity index (χ1n) is 16.6. The molecule has 6 rings (SSSR count). The zero-order valence-corrected chi connectivity index (χ0v) is 25.0. The van der Waals surface area contributed by atoms with Gasteiger partial charge in [-0.2, -0.15) is 0 Å². The minimum absolute atomic E-state index is 0.127. The summed E-state index contributed by atoms with van der Waals surface area (Å²) in [5.74, 6) is 4.59. The summed E-state index contributed by atoms with van der Waals surface area (Å²) in [6.07, 6.45) is 18.2. The average Bonchev–Trinajstić information content (AvgIpc) is 3.60. The average molecular weight is 539 g/mol. The van der Waals surface area contributed by atoms with Gasteiger partial charge in [0.05, 0.1) is 6.10 Å². The smallest absolute Gasteiger partial charge is 0.225 e. The van der Waals surface area contributed by atoms with E-state index >= 15 is 0 Å². The van der Waals surface area contributed by atoms with Crippen LogP contribution in [0.2, 0.25) is 0 Å². The highest BCUT2D eigenvalue weighted by molar-refractivity contribution is 5.80. The summed E-state index contributed by atoms with van der Waals surface area (Å²) < 4.78 is 0. The van der Waals surface area contributed by atoms with Crippen molar-refractivity contribution in [2.24, 2.45) is 46.3 Å². The molecule has 8 atom stereocenters. The van der Waals surface area contributed by atoms with Crippen LogP contribution >= 0.6 is 0 Å². The second-order valence-corrected chi connectivity index (χ2v) is 15.1. The number of piperazine rings is 1. The molecule has 0 unspecified atom stereocenters. The molecule has 0 aromatic rings. The van der Waals surface area contributed by atoms with E-state index in [-0.39, 0.29) is 12.0 Å². The van der Waals surface area contributed by atoms with Crippen LogP contribution in [0.15, 0.2) is 11.6 Å². The largest absolute Gasteiger partial charge is 0.393 e. The fourth-order valence-corrected chi connectivity index (χ4v) is 10.9. The summed E-state index contributed by atoms with van der Waals surface area (Å²) in [5, 5.41) is 10.3. The third-order valence-electron chi connectivity index (χ3n) is 13.3. The van der Waals surface area contributed by atoms with Crippen molar-refractivity contribution in [3.63, 3.8) is 0 Å². The van der Waals surface area contributed by atoms with Crippen LogP contribution in [0.4, 0.5) is 0 Å². The molecule has 5 fully saturated rings. The van der Waals surface area contributed by atoms with E-state index in [1.165, 1.54) is 44.9 Å². The molecule has 39 heavy (non-hydrogen) atoms. The molecular formula is C34H54N2O3. The first-order chi connectivity index (χ1) is 18.7. The minimum atomic E-state index is -0.127. The first-order valence-corrected chi connectivity index (χ1v) is 16.6. The van der Waals surface area contributed by atoms with E-state index in [4.69, 9.17) is 0 Å². The van der Waals surface area contributed by atoms with Crippen LogP contribution in [0.1, 0.15) is 111 Å². The van der Waals surface area contributed by atoms with Gasteiger partial charge in [0, 0.05) is 38.5 Å². The molecule has 4 saturated carbocycles. The number of aliphatic hydroxyl groups excluding tert-OH is 1. The van der Waals surface area contributed by atoms with Gasteiger partial charge in [-0.1, -0.05) is 45.3 Å². The number of amides is 2. The van der Waals surface area contributed by atoms with Crippen molar-refractivity contribution in [2.75, 3.05) is 26.2 Å². The number of carbonyl (C=O) groups is 2. The number of carbonyl (C=O) groups excluding carboxylic acids is 2. The Morgan fingerprint density at radius 3 is 2.41 bits per heavy atom. The highest BCUT2D eigenvalue weighted by atomic mass is 16.3. The summed E-state index contributed by atoms with van der Waals surface area (Å²) >= 11 is 0. The Hall–Kier alpha value is -1.36. The molecule has 5 heteroatoms. The van der Waals surface area contributed by atoms with Gasteiger partial charge in [-0.3, -0.25) is 9.59 Å². The predicted molar refractivity (Wildman–Crippen MR) is 155 cm³/mol. The third kappa shape index (κ3) is 4.91. The third-order valence-corrected chi connectivity index (χ3v) is 13.3. The van der Waals surface area contributed by atoms with Gasteiger partial charge in [-0.15, -0.1) is 0 Å². The zero-order chi connectivity index (χ0) is 27.4. The molecule has 0 aromatic carbocycles. The molecule has 0 bridgehead atoms. The molecule has 1 saturated heterocycles. The van der Waals surface area contributed by atoms with E-state index in [0.717, 1.165) is 75.3 Å². The van der Waals surface area contributed by atoms with E-state index in [0.29, 0.717) is 48.1 Å². The summed E-state index contributed by atoms with van der Waals surface area (Å²) in [6.45, 7) is 10.4. The molecule has 1 heterocycles. The maximum absolute atomic E-state index is 13.2. The van der Waals surface area contributed by atoms with Crippen molar-refractivity contribution >= 4 is 11.8 Å². The fourth-order valence-electron chi connectivity index (χ4n) is 10.9. The van der Waals surface area contributed by atoms with Gasteiger partial charge in [-0.25, -0.2) is 0 Å². The van der Waals surface area contributed by atoms with Crippen molar-refractivity contribution in [3.05, 3.63) is 11.6 Å². The van der Waals surface area contributed by atoms with Crippen molar-refractivity contribution in [3.8, 4) is 0 Å². The predicted octanol–water partition coefficient (Wildman–Crippen LogP) is 6.20. The van der Waals surface area contributed by atoms with Gasteiger partial charge in [0.25, 0.3) is 0 Å². The molecule has 1 N–H and O–H groups in total. The lowest BCUT2D eigenvalue weighted by Crippen LogP contribution is -2.52. The highest BCUT2D eigenvalue weighted by Crippen LogP contribution is 2.67. The van der Waals surface area contributed by atoms with E-state index in [1.807, 2.05) is 9.80 Å². The highest BCUT2D eigenvalue weighted by Gasteiger charge is 2.59. The maximum atomic E-state index is 13.2. The molecule has 0 aromatic heterocycles. The van der Waals surface area contributed by atoms with E-state index in [1.54, 1.807) is 5.57 Å². The number of rotatable bonds is 5. The summed E-state index contributed by atoms with van der Waals surface area (Å²) in [5.41, 5.74) is 2.29. The topological polar surface area (TPSA) is 60.9 Å². The molecule has 218 valence electrons. The number of fused-ring (bicyclic) bond motifs is 5. The Kier molecular flexibility index (Phi) is 7.70. The number of allylic oxidation sites excluding steroid dienone is 1. The van der Waals surface area contributed by atoms with Gasteiger partial charge < -0.3 is 14.9 Å². The van der Waals surface area contributed by atoms with Crippen LogP contribution in [0.5, 0.6) is 0 Å². The lowest BCUT2D eigenvalue weighted by atomic mass is 9.47. The molecular weight excluding hydrogens is 484 g/mol. The number of hydrogen-bond acceptors (Lipinski definition) is 3. The van der Waals surface area contributed by atoms with Crippen LogP contribution in [0, 0.1) is 46.3 Å². The van der Waals surface area contributed by atoms with Crippen molar-refractivity contribution < 1.29 is 14.7 Å². The number of aliphatic hydroxyl groups is 1. The van der Waals surface area contributed by atoms with Crippen LogP contribution in [0.25, 0.3) is 0 Å². The SMILES string of the molecule is C[C@H](CCC(=O)N1CCN(C(=O)C2CCCC2)CC1)[C@H]1CC[C@H]2[C@@H]3CC=C4C[C@@H](O)CC[C@]4(C)[C@H]3CC[C@]12C. The molecule has 2 amide bonds. The molecule has 5 nitrogen and oxygen atoms in total. The van der Waals surface area contributed by atoms with Crippen molar-refractivity contribution in [1.29, 1.82) is 0 Å². The zero-order valence-electron chi connectivity index (χ0n) is 25.0. The molecule has 0 radical (unpaired) electrons. The van der Waals surface area contributed by atoms with Gasteiger partial charge in [0.2, 0.25) is 11.8 Å². The Bertz CT molecular complexity index is 963. The molecule has 5 aliphatic carbocycles. The number of nitrogens with zero attached hydrogens (tertiary/aromatic N) is 2. The minimum Gasteiger partial charge on any atom is -0.393 e. The Balaban J connectivity index is 1.02. The van der Waals surface area contributed by atoms with Gasteiger partial charge in [0.1, 0.15) is 0 Å².